The van der Waals surface area contributed by atoms with Crippen LogP contribution in [0.4, 0.5) is 11.4 Å². The molecule has 1 N–H and O–H groups in total. The van der Waals surface area contributed by atoms with Crippen LogP contribution in [0.25, 0.3) is 0 Å². The third-order valence-corrected chi connectivity index (χ3v) is 10.4. The first-order valence-electron chi connectivity index (χ1n) is 10.9. The van der Waals surface area contributed by atoms with Crippen molar-refractivity contribution in [3.05, 3.63) is 60.2 Å². The molecule has 0 aromatic heterocycles. The molecule has 2 aromatic rings. The summed E-state index contributed by atoms with van der Waals surface area (Å²) in [5, 5.41) is 2.55. The molecule has 0 atom stereocenters. The summed E-state index contributed by atoms with van der Waals surface area (Å²) in [6.07, 6.45) is 0.195. The van der Waals surface area contributed by atoms with Gasteiger partial charge in [0.1, 0.15) is 0 Å². The number of hydrogen-bond acceptors (Lipinski definition) is 5. The molecule has 0 spiro atoms. The van der Waals surface area contributed by atoms with Crippen LogP contribution in [0.5, 0.6) is 0 Å². The van der Waals surface area contributed by atoms with E-state index in [1.165, 1.54) is 0 Å². The number of methoxy groups -OCH3 is 1. The summed E-state index contributed by atoms with van der Waals surface area (Å²) >= 11 is 0. The molecule has 2 amide bonds. The van der Waals surface area contributed by atoms with Crippen LogP contribution in [0.2, 0.25) is 18.1 Å². The van der Waals surface area contributed by atoms with Crippen LogP contribution in [-0.4, -0.2) is 46.4 Å². The number of amides is 2. The highest BCUT2D eigenvalue weighted by atomic mass is 28.4. The van der Waals surface area contributed by atoms with E-state index in [9.17, 15) is 14.4 Å². The van der Waals surface area contributed by atoms with Gasteiger partial charge < -0.3 is 19.4 Å². The number of para-hydroxylation sites is 1. The fourth-order valence-electron chi connectivity index (χ4n) is 2.87. The fraction of sp³-hybridized carbons (Fsp3) is 0.400. The van der Waals surface area contributed by atoms with E-state index < -0.39 is 20.2 Å². The molecule has 0 aliphatic carbocycles. The standard InChI is InChI=1S/C25H34N2O5Si/c1-25(2,3)33(5,6)32-17-16-27(21-10-8-7-9-11-21)22(28)18-19-12-14-20(15-13-19)26-23(29)24(30)31-4/h7-15H,16-18H2,1-6H3,(H,26,29). The summed E-state index contributed by atoms with van der Waals surface area (Å²) in [4.78, 5) is 37.8. The third-order valence-electron chi connectivity index (χ3n) is 5.89. The van der Waals surface area contributed by atoms with Gasteiger partial charge in [0.25, 0.3) is 0 Å². The first-order valence-corrected chi connectivity index (χ1v) is 13.8. The van der Waals surface area contributed by atoms with Crippen LogP contribution in [0.1, 0.15) is 26.3 Å². The Labute approximate surface area is 197 Å². The zero-order valence-electron chi connectivity index (χ0n) is 20.3. The van der Waals surface area contributed by atoms with Crippen molar-refractivity contribution in [2.45, 2.75) is 45.3 Å². The molecular weight excluding hydrogens is 436 g/mol. The predicted molar refractivity (Wildman–Crippen MR) is 133 cm³/mol. The van der Waals surface area contributed by atoms with E-state index in [1.54, 1.807) is 29.2 Å². The van der Waals surface area contributed by atoms with Crippen molar-refractivity contribution in [2.24, 2.45) is 0 Å². The molecular formula is C25H34N2O5Si. The summed E-state index contributed by atoms with van der Waals surface area (Å²) in [6, 6.07) is 16.4. The number of anilines is 2. The van der Waals surface area contributed by atoms with Gasteiger partial charge in [-0.25, -0.2) is 4.79 Å². The monoisotopic (exact) mass is 470 g/mol. The van der Waals surface area contributed by atoms with Gasteiger partial charge in [-0.1, -0.05) is 51.1 Å². The highest BCUT2D eigenvalue weighted by molar-refractivity contribution is 6.74. The van der Waals surface area contributed by atoms with E-state index in [1.807, 2.05) is 30.3 Å². The van der Waals surface area contributed by atoms with Gasteiger partial charge in [0, 0.05) is 17.9 Å². The van der Waals surface area contributed by atoms with E-state index in [0.29, 0.717) is 18.8 Å². The van der Waals surface area contributed by atoms with Gasteiger partial charge in [0.15, 0.2) is 8.32 Å². The largest absolute Gasteiger partial charge is 0.462 e. The Morgan fingerprint density at radius 3 is 2.12 bits per heavy atom. The van der Waals surface area contributed by atoms with E-state index in [4.69, 9.17) is 4.43 Å². The zero-order chi connectivity index (χ0) is 24.6. The lowest BCUT2D eigenvalue weighted by molar-refractivity contribution is -0.150. The van der Waals surface area contributed by atoms with Crippen molar-refractivity contribution in [3.63, 3.8) is 0 Å². The van der Waals surface area contributed by atoms with Crippen molar-refractivity contribution >= 4 is 37.5 Å². The van der Waals surface area contributed by atoms with Crippen LogP contribution >= 0.6 is 0 Å². The number of rotatable bonds is 8. The summed E-state index contributed by atoms with van der Waals surface area (Å²) in [6.45, 7) is 11.9. The first-order chi connectivity index (χ1) is 15.4. The maximum absolute atomic E-state index is 13.2. The zero-order valence-corrected chi connectivity index (χ0v) is 21.3. The van der Waals surface area contributed by atoms with Gasteiger partial charge >= 0.3 is 11.9 Å². The van der Waals surface area contributed by atoms with Gasteiger partial charge in [0.2, 0.25) is 5.91 Å². The fourth-order valence-corrected chi connectivity index (χ4v) is 3.90. The van der Waals surface area contributed by atoms with Crippen LogP contribution in [0.15, 0.2) is 54.6 Å². The molecule has 0 unspecified atom stereocenters. The van der Waals surface area contributed by atoms with Gasteiger partial charge in [-0.15, -0.1) is 0 Å². The van der Waals surface area contributed by atoms with Gasteiger partial charge in [-0.2, -0.15) is 0 Å². The topological polar surface area (TPSA) is 84.9 Å². The number of ether oxygens (including phenoxy) is 1. The van der Waals surface area contributed by atoms with E-state index in [-0.39, 0.29) is 17.4 Å². The second-order valence-corrected chi connectivity index (χ2v) is 14.1. The number of esters is 1. The minimum atomic E-state index is -1.92. The minimum absolute atomic E-state index is 0.0497. The Morgan fingerprint density at radius 1 is 0.970 bits per heavy atom. The van der Waals surface area contributed by atoms with Crippen molar-refractivity contribution in [1.29, 1.82) is 0 Å². The van der Waals surface area contributed by atoms with Crippen molar-refractivity contribution in [3.8, 4) is 0 Å². The smallest absolute Gasteiger partial charge is 0.396 e. The van der Waals surface area contributed by atoms with Crippen LogP contribution < -0.4 is 10.2 Å². The van der Waals surface area contributed by atoms with Gasteiger partial charge in [-0.3, -0.25) is 9.59 Å². The summed E-state index contributed by atoms with van der Waals surface area (Å²) in [5.41, 5.74) is 2.06. The molecule has 0 saturated carbocycles. The molecule has 0 heterocycles. The maximum atomic E-state index is 13.2. The van der Waals surface area contributed by atoms with Gasteiger partial charge in [0.05, 0.1) is 20.1 Å². The number of hydrogen-bond donors (Lipinski definition) is 1. The summed E-state index contributed by atoms with van der Waals surface area (Å²) in [5.74, 6) is -1.86. The normalized spacial score (nSPS) is 11.6. The second-order valence-electron chi connectivity index (χ2n) is 9.31. The Kier molecular flexibility index (Phi) is 8.96. The molecule has 0 fully saturated rings. The minimum Gasteiger partial charge on any atom is -0.462 e. The van der Waals surface area contributed by atoms with Crippen molar-refractivity contribution in [2.75, 3.05) is 30.5 Å². The third kappa shape index (κ3) is 7.54. The average molecular weight is 471 g/mol. The highest BCUT2D eigenvalue weighted by Gasteiger charge is 2.37. The lowest BCUT2D eigenvalue weighted by Crippen LogP contribution is -2.44. The average Bonchev–Trinajstić information content (AvgIpc) is 2.77. The summed E-state index contributed by atoms with van der Waals surface area (Å²) < 4.78 is 10.7. The highest BCUT2D eigenvalue weighted by Crippen LogP contribution is 2.36. The molecule has 2 aromatic carbocycles. The molecule has 8 heteroatoms. The predicted octanol–water partition coefficient (Wildman–Crippen LogP) is 4.40. The Morgan fingerprint density at radius 2 is 1.58 bits per heavy atom. The SMILES string of the molecule is COC(=O)C(=O)Nc1ccc(CC(=O)N(CCO[Si](C)(C)C(C)(C)C)c2ccccc2)cc1. The lowest BCUT2D eigenvalue weighted by Gasteiger charge is -2.36. The molecule has 0 radical (unpaired) electrons. The Balaban J connectivity index is 2.08. The van der Waals surface area contributed by atoms with E-state index >= 15 is 0 Å². The Hall–Kier alpha value is -2.97. The summed E-state index contributed by atoms with van der Waals surface area (Å²) in [7, 11) is -0.773. The van der Waals surface area contributed by atoms with Crippen molar-refractivity contribution in [1.82, 2.24) is 0 Å². The quantitative estimate of drug-likeness (QED) is 0.351. The number of nitrogens with one attached hydrogen (secondary N) is 1. The van der Waals surface area contributed by atoms with Crippen LogP contribution in [-0.2, 0) is 30.0 Å². The molecule has 33 heavy (non-hydrogen) atoms. The lowest BCUT2D eigenvalue weighted by atomic mass is 10.1. The second kappa shape index (κ2) is 11.2. The van der Waals surface area contributed by atoms with Crippen LogP contribution in [0.3, 0.4) is 0 Å². The van der Waals surface area contributed by atoms with Crippen LogP contribution in [0, 0.1) is 0 Å². The maximum Gasteiger partial charge on any atom is 0.396 e. The number of nitrogens with zero attached hydrogens (tertiary/aromatic N) is 1. The Bertz CT molecular complexity index is 953. The first kappa shape index (κ1) is 26.3. The van der Waals surface area contributed by atoms with E-state index in [2.05, 4.69) is 43.9 Å². The van der Waals surface area contributed by atoms with Crippen molar-refractivity contribution < 1.29 is 23.5 Å². The molecule has 178 valence electrons. The number of carbonyl (C=O) groups excluding carboxylic acids is 3. The molecule has 0 saturated heterocycles. The molecule has 2 rings (SSSR count). The number of benzene rings is 2. The molecule has 0 bridgehead atoms. The van der Waals surface area contributed by atoms with Gasteiger partial charge in [-0.05, 0) is 48.0 Å². The molecule has 7 nitrogen and oxygen atoms in total. The molecule has 0 aliphatic heterocycles. The van der Waals surface area contributed by atoms with E-state index in [0.717, 1.165) is 18.4 Å². The number of carbonyl (C=O) groups is 3. The molecule has 0 aliphatic rings.